The summed E-state index contributed by atoms with van der Waals surface area (Å²) in [5.74, 6) is 1.07. The van der Waals surface area contributed by atoms with Gasteiger partial charge in [0.2, 0.25) is 5.91 Å². The van der Waals surface area contributed by atoms with Gasteiger partial charge in [0.1, 0.15) is 0 Å². The SMILES string of the molecule is Cl.NCCC(=O)N1CCCC1C1CCCC1. The van der Waals surface area contributed by atoms with E-state index in [-0.39, 0.29) is 18.3 Å². The van der Waals surface area contributed by atoms with Crippen LogP contribution in [0.25, 0.3) is 0 Å². The van der Waals surface area contributed by atoms with Crippen molar-refractivity contribution < 1.29 is 4.79 Å². The van der Waals surface area contributed by atoms with E-state index >= 15 is 0 Å². The van der Waals surface area contributed by atoms with Gasteiger partial charge in [0, 0.05) is 25.6 Å². The minimum Gasteiger partial charge on any atom is -0.339 e. The number of nitrogens with zero attached hydrogens (tertiary/aromatic N) is 1. The van der Waals surface area contributed by atoms with E-state index in [0.29, 0.717) is 19.0 Å². The van der Waals surface area contributed by atoms with Gasteiger partial charge in [-0.15, -0.1) is 12.4 Å². The third-order valence-electron chi connectivity index (χ3n) is 3.92. The van der Waals surface area contributed by atoms with Crippen LogP contribution in [0.4, 0.5) is 0 Å². The molecule has 0 aromatic carbocycles. The maximum absolute atomic E-state index is 11.9. The van der Waals surface area contributed by atoms with Gasteiger partial charge in [0.15, 0.2) is 0 Å². The average molecular weight is 247 g/mol. The normalized spacial score (nSPS) is 25.8. The Kier molecular flexibility index (Phi) is 5.56. The molecule has 3 nitrogen and oxygen atoms in total. The van der Waals surface area contributed by atoms with Gasteiger partial charge in [-0.2, -0.15) is 0 Å². The van der Waals surface area contributed by atoms with Crippen LogP contribution in [0.5, 0.6) is 0 Å². The Morgan fingerprint density at radius 2 is 1.88 bits per heavy atom. The molecule has 0 aromatic heterocycles. The summed E-state index contributed by atoms with van der Waals surface area (Å²) in [6.45, 7) is 1.46. The van der Waals surface area contributed by atoms with Crippen LogP contribution in [0.3, 0.4) is 0 Å². The van der Waals surface area contributed by atoms with Crippen LogP contribution in [-0.4, -0.2) is 29.9 Å². The van der Waals surface area contributed by atoms with Crippen LogP contribution in [-0.2, 0) is 4.79 Å². The molecule has 0 spiro atoms. The fourth-order valence-corrected chi connectivity index (χ4v) is 3.20. The van der Waals surface area contributed by atoms with Crippen molar-refractivity contribution in [1.29, 1.82) is 0 Å². The lowest BCUT2D eigenvalue weighted by Crippen LogP contribution is -2.40. The molecule has 2 aliphatic rings. The monoisotopic (exact) mass is 246 g/mol. The molecular formula is C12H23ClN2O. The summed E-state index contributed by atoms with van der Waals surface area (Å²) in [5.41, 5.74) is 5.45. The van der Waals surface area contributed by atoms with Crippen molar-refractivity contribution in [2.75, 3.05) is 13.1 Å². The first kappa shape index (κ1) is 13.8. The van der Waals surface area contributed by atoms with Crippen molar-refractivity contribution in [3.05, 3.63) is 0 Å². The summed E-state index contributed by atoms with van der Waals surface area (Å²) in [6, 6.07) is 0.548. The third-order valence-corrected chi connectivity index (χ3v) is 3.92. The van der Waals surface area contributed by atoms with E-state index in [1.54, 1.807) is 0 Å². The van der Waals surface area contributed by atoms with Gasteiger partial charge in [0.25, 0.3) is 0 Å². The zero-order valence-corrected chi connectivity index (χ0v) is 10.7. The van der Waals surface area contributed by atoms with Gasteiger partial charge in [-0.1, -0.05) is 12.8 Å². The zero-order chi connectivity index (χ0) is 10.7. The van der Waals surface area contributed by atoms with Crippen LogP contribution in [0.15, 0.2) is 0 Å². The van der Waals surface area contributed by atoms with Crippen LogP contribution in [0.1, 0.15) is 44.9 Å². The molecule has 1 aliphatic carbocycles. The lowest BCUT2D eigenvalue weighted by Gasteiger charge is -2.29. The predicted molar refractivity (Wildman–Crippen MR) is 67.6 cm³/mol. The maximum atomic E-state index is 11.9. The molecule has 1 amide bonds. The van der Waals surface area contributed by atoms with E-state index in [9.17, 15) is 4.79 Å². The highest BCUT2D eigenvalue weighted by Crippen LogP contribution is 2.35. The first-order valence-corrected chi connectivity index (χ1v) is 6.32. The van der Waals surface area contributed by atoms with Crippen LogP contribution in [0.2, 0.25) is 0 Å². The molecule has 2 fully saturated rings. The number of hydrogen-bond acceptors (Lipinski definition) is 2. The molecule has 1 saturated heterocycles. The summed E-state index contributed by atoms with van der Waals surface area (Å²) in [5, 5.41) is 0. The molecule has 1 unspecified atom stereocenters. The fraction of sp³-hybridized carbons (Fsp3) is 0.917. The lowest BCUT2D eigenvalue weighted by molar-refractivity contribution is -0.132. The number of likely N-dealkylation sites (tertiary alicyclic amines) is 1. The first-order valence-electron chi connectivity index (χ1n) is 6.32. The third kappa shape index (κ3) is 2.89. The second kappa shape index (κ2) is 6.45. The highest BCUT2D eigenvalue weighted by Gasteiger charge is 2.35. The standard InChI is InChI=1S/C12H22N2O.ClH/c13-8-7-12(15)14-9-3-6-11(14)10-4-1-2-5-10;/h10-11H,1-9,13H2;1H. The first-order chi connectivity index (χ1) is 7.33. The Bertz CT molecular complexity index is 229. The summed E-state index contributed by atoms with van der Waals surface area (Å²) in [4.78, 5) is 14.0. The van der Waals surface area contributed by atoms with E-state index in [0.717, 1.165) is 12.5 Å². The molecule has 1 saturated carbocycles. The lowest BCUT2D eigenvalue weighted by atomic mass is 9.96. The summed E-state index contributed by atoms with van der Waals surface area (Å²) in [7, 11) is 0. The molecular weight excluding hydrogens is 224 g/mol. The Balaban J connectivity index is 0.00000128. The highest BCUT2D eigenvalue weighted by molar-refractivity contribution is 5.85. The number of hydrogen-bond donors (Lipinski definition) is 1. The van der Waals surface area contributed by atoms with Gasteiger partial charge >= 0.3 is 0 Å². The predicted octanol–water partition coefficient (Wildman–Crippen LogP) is 1.94. The second-order valence-electron chi connectivity index (χ2n) is 4.88. The zero-order valence-electron chi connectivity index (χ0n) is 9.86. The molecule has 2 rings (SSSR count). The molecule has 94 valence electrons. The average Bonchev–Trinajstić information content (AvgIpc) is 2.88. The summed E-state index contributed by atoms with van der Waals surface area (Å²) < 4.78 is 0. The fourth-order valence-electron chi connectivity index (χ4n) is 3.20. The number of amides is 1. The molecule has 2 N–H and O–H groups in total. The van der Waals surface area contributed by atoms with Gasteiger partial charge < -0.3 is 10.6 Å². The van der Waals surface area contributed by atoms with Crippen molar-refractivity contribution in [1.82, 2.24) is 4.90 Å². The van der Waals surface area contributed by atoms with Crippen LogP contribution < -0.4 is 5.73 Å². The Labute approximate surface area is 104 Å². The maximum Gasteiger partial charge on any atom is 0.224 e. The van der Waals surface area contributed by atoms with E-state index in [2.05, 4.69) is 4.90 Å². The Morgan fingerprint density at radius 3 is 2.50 bits per heavy atom. The molecule has 1 heterocycles. The molecule has 1 aliphatic heterocycles. The molecule has 4 heteroatoms. The molecule has 16 heavy (non-hydrogen) atoms. The minimum absolute atomic E-state index is 0. The smallest absolute Gasteiger partial charge is 0.224 e. The summed E-state index contributed by atoms with van der Waals surface area (Å²) in [6.07, 6.45) is 8.33. The minimum atomic E-state index is 0. The topological polar surface area (TPSA) is 46.3 Å². The van der Waals surface area contributed by atoms with Crippen LogP contribution in [0, 0.1) is 5.92 Å². The van der Waals surface area contributed by atoms with Crippen LogP contribution >= 0.6 is 12.4 Å². The van der Waals surface area contributed by atoms with Gasteiger partial charge in [-0.05, 0) is 31.6 Å². The number of rotatable bonds is 3. The van der Waals surface area contributed by atoms with E-state index in [1.807, 2.05) is 0 Å². The second-order valence-corrected chi connectivity index (χ2v) is 4.88. The number of carbonyl (C=O) groups is 1. The Hall–Kier alpha value is -0.280. The van der Waals surface area contributed by atoms with E-state index < -0.39 is 0 Å². The number of carbonyl (C=O) groups excluding carboxylic acids is 1. The number of nitrogens with two attached hydrogens (primary N) is 1. The van der Waals surface area contributed by atoms with Crippen molar-refractivity contribution in [3.8, 4) is 0 Å². The number of halogens is 1. The van der Waals surface area contributed by atoms with Gasteiger partial charge in [0.05, 0.1) is 0 Å². The van der Waals surface area contributed by atoms with E-state index in [1.165, 1.54) is 38.5 Å². The van der Waals surface area contributed by atoms with Crippen molar-refractivity contribution in [2.45, 2.75) is 51.0 Å². The van der Waals surface area contributed by atoms with Crippen molar-refractivity contribution >= 4 is 18.3 Å². The van der Waals surface area contributed by atoms with Gasteiger partial charge in [-0.25, -0.2) is 0 Å². The van der Waals surface area contributed by atoms with Gasteiger partial charge in [-0.3, -0.25) is 4.79 Å². The van der Waals surface area contributed by atoms with E-state index in [4.69, 9.17) is 5.73 Å². The quantitative estimate of drug-likeness (QED) is 0.827. The molecule has 0 radical (unpaired) electrons. The molecule has 0 bridgehead atoms. The van der Waals surface area contributed by atoms with Crippen molar-refractivity contribution in [3.63, 3.8) is 0 Å². The molecule has 0 aromatic rings. The summed E-state index contributed by atoms with van der Waals surface area (Å²) >= 11 is 0. The Morgan fingerprint density at radius 1 is 1.19 bits per heavy atom. The van der Waals surface area contributed by atoms with Crippen molar-refractivity contribution in [2.24, 2.45) is 11.7 Å². The highest BCUT2D eigenvalue weighted by atomic mass is 35.5. The largest absolute Gasteiger partial charge is 0.339 e. The molecule has 1 atom stereocenters.